The lowest BCUT2D eigenvalue weighted by Gasteiger charge is -2.18. The molecule has 122 valence electrons. The van der Waals surface area contributed by atoms with Crippen LogP contribution in [0, 0.1) is 11.6 Å². The molecule has 7 heteroatoms. The van der Waals surface area contributed by atoms with Crippen molar-refractivity contribution in [2.45, 2.75) is 0 Å². The Morgan fingerprint density at radius 3 is 2.39 bits per heavy atom. The molecule has 2 aromatic rings. The van der Waals surface area contributed by atoms with E-state index in [1.54, 1.807) is 24.3 Å². The fraction of sp³-hybridized carbons (Fsp3) is 0.188. The van der Waals surface area contributed by atoms with Crippen molar-refractivity contribution in [1.29, 1.82) is 0 Å². The summed E-state index contributed by atoms with van der Waals surface area (Å²) in [6.07, 6.45) is 0. The summed E-state index contributed by atoms with van der Waals surface area (Å²) in [6.45, 7) is 0.468. The zero-order valence-corrected chi connectivity index (χ0v) is 13.1. The Labute approximate surface area is 137 Å². The highest BCUT2D eigenvalue weighted by atomic mass is 35.5. The van der Waals surface area contributed by atoms with Crippen LogP contribution in [0.4, 0.5) is 19.3 Å². The second-order valence-corrected chi connectivity index (χ2v) is 5.19. The number of halogens is 3. The molecule has 0 radical (unpaired) electrons. The van der Waals surface area contributed by atoms with Gasteiger partial charge in [0.25, 0.3) is 0 Å². The van der Waals surface area contributed by atoms with Crippen LogP contribution in [0.2, 0.25) is 5.02 Å². The minimum absolute atomic E-state index is 0.227. The third kappa shape index (κ3) is 4.82. The first-order valence-electron chi connectivity index (χ1n) is 6.82. The highest BCUT2D eigenvalue weighted by Gasteiger charge is 2.14. The van der Waals surface area contributed by atoms with E-state index in [-0.39, 0.29) is 13.2 Å². The zero-order valence-electron chi connectivity index (χ0n) is 12.4. The number of rotatable bonds is 5. The molecular formula is C16H15ClF2N2O2. The van der Waals surface area contributed by atoms with Gasteiger partial charge in [-0.25, -0.2) is 13.6 Å². The number of ether oxygens (including phenoxy) is 1. The second kappa shape index (κ2) is 7.78. The van der Waals surface area contributed by atoms with Crippen LogP contribution < -0.4 is 10.1 Å². The predicted molar refractivity (Wildman–Crippen MR) is 85.0 cm³/mol. The molecule has 2 amide bonds. The number of carbonyl (C=O) groups is 1. The Hall–Kier alpha value is -2.34. The van der Waals surface area contributed by atoms with E-state index in [0.29, 0.717) is 10.8 Å². The normalized spacial score (nSPS) is 10.3. The SMILES string of the molecule is CN(CCOc1ccc(Cl)cc1)C(=O)Nc1c(F)cccc1F. The maximum absolute atomic E-state index is 13.5. The number of likely N-dealkylation sites (N-methyl/N-ethyl adjacent to an activating group) is 1. The lowest BCUT2D eigenvalue weighted by molar-refractivity contribution is 0.207. The van der Waals surface area contributed by atoms with Crippen LogP contribution in [0.1, 0.15) is 0 Å². The van der Waals surface area contributed by atoms with Crippen LogP contribution in [0.15, 0.2) is 42.5 Å². The summed E-state index contributed by atoms with van der Waals surface area (Å²) >= 11 is 5.76. The van der Waals surface area contributed by atoms with Crippen LogP contribution in [0.25, 0.3) is 0 Å². The van der Waals surface area contributed by atoms with E-state index in [1.165, 1.54) is 18.0 Å². The Morgan fingerprint density at radius 2 is 1.78 bits per heavy atom. The Kier molecular flexibility index (Phi) is 5.76. The summed E-state index contributed by atoms with van der Waals surface area (Å²) in [5, 5.41) is 2.80. The van der Waals surface area contributed by atoms with E-state index in [4.69, 9.17) is 16.3 Å². The predicted octanol–water partition coefficient (Wildman–Crippen LogP) is 4.16. The van der Waals surface area contributed by atoms with Gasteiger partial charge in [0.15, 0.2) is 0 Å². The van der Waals surface area contributed by atoms with Crippen LogP contribution in [-0.4, -0.2) is 31.1 Å². The third-order valence-electron chi connectivity index (χ3n) is 3.05. The summed E-state index contributed by atoms with van der Waals surface area (Å²) in [6, 6.07) is 9.53. The summed E-state index contributed by atoms with van der Waals surface area (Å²) in [5.74, 6) is -1.04. The van der Waals surface area contributed by atoms with Crippen molar-refractivity contribution in [1.82, 2.24) is 4.90 Å². The molecule has 2 aromatic carbocycles. The number of hydrogen-bond donors (Lipinski definition) is 1. The van der Waals surface area contributed by atoms with Gasteiger partial charge >= 0.3 is 6.03 Å². The molecular weight excluding hydrogens is 326 g/mol. The highest BCUT2D eigenvalue weighted by Crippen LogP contribution is 2.18. The lowest BCUT2D eigenvalue weighted by Crippen LogP contribution is -2.35. The molecule has 0 heterocycles. The van der Waals surface area contributed by atoms with Gasteiger partial charge in [-0.15, -0.1) is 0 Å². The number of para-hydroxylation sites is 1. The standard InChI is InChI=1S/C16H15ClF2N2O2/c1-21(9-10-23-12-7-5-11(17)6-8-12)16(22)20-15-13(18)3-2-4-14(15)19/h2-8H,9-10H2,1H3,(H,20,22). The maximum Gasteiger partial charge on any atom is 0.321 e. The van der Waals surface area contributed by atoms with Gasteiger partial charge in [-0.2, -0.15) is 0 Å². The lowest BCUT2D eigenvalue weighted by atomic mass is 10.3. The monoisotopic (exact) mass is 340 g/mol. The van der Waals surface area contributed by atoms with Gasteiger partial charge < -0.3 is 15.0 Å². The average molecular weight is 341 g/mol. The molecule has 0 aliphatic heterocycles. The first-order valence-corrected chi connectivity index (χ1v) is 7.19. The molecule has 0 atom stereocenters. The molecule has 0 spiro atoms. The summed E-state index contributed by atoms with van der Waals surface area (Å²) in [7, 11) is 1.50. The van der Waals surface area contributed by atoms with E-state index in [1.807, 2.05) is 0 Å². The molecule has 0 saturated carbocycles. The van der Waals surface area contributed by atoms with E-state index in [0.717, 1.165) is 12.1 Å². The first-order chi connectivity index (χ1) is 11.0. The van der Waals surface area contributed by atoms with Gasteiger partial charge in [-0.1, -0.05) is 17.7 Å². The van der Waals surface area contributed by atoms with Crippen molar-refractivity contribution in [3.8, 4) is 5.75 Å². The molecule has 0 unspecified atom stereocenters. The Morgan fingerprint density at radius 1 is 1.17 bits per heavy atom. The molecule has 0 saturated heterocycles. The number of benzene rings is 2. The number of urea groups is 1. The van der Waals surface area contributed by atoms with Crippen LogP contribution >= 0.6 is 11.6 Å². The van der Waals surface area contributed by atoms with E-state index >= 15 is 0 Å². The molecule has 23 heavy (non-hydrogen) atoms. The summed E-state index contributed by atoms with van der Waals surface area (Å²) < 4.78 is 32.4. The average Bonchev–Trinajstić information content (AvgIpc) is 2.52. The van der Waals surface area contributed by atoms with Crippen LogP contribution in [0.5, 0.6) is 5.75 Å². The van der Waals surface area contributed by atoms with Crippen molar-refractivity contribution in [2.24, 2.45) is 0 Å². The van der Waals surface area contributed by atoms with Crippen molar-refractivity contribution in [3.63, 3.8) is 0 Å². The van der Waals surface area contributed by atoms with Crippen LogP contribution in [-0.2, 0) is 0 Å². The fourth-order valence-corrected chi connectivity index (χ4v) is 1.88. The van der Waals surface area contributed by atoms with E-state index in [9.17, 15) is 13.6 Å². The topological polar surface area (TPSA) is 41.6 Å². The Balaban J connectivity index is 1.84. The fourth-order valence-electron chi connectivity index (χ4n) is 1.75. The quantitative estimate of drug-likeness (QED) is 0.888. The number of carbonyl (C=O) groups excluding carboxylic acids is 1. The first kappa shape index (κ1) is 17.0. The summed E-state index contributed by atoms with van der Waals surface area (Å²) in [4.78, 5) is 13.2. The van der Waals surface area contributed by atoms with E-state index < -0.39 is 23.4 Å². The molecule has 0 aliphatic carbocycles. The van der Waals surface area contributed by atoms with Gasteiger partial charge in [0.1, 0.15) is 29.7 Å². The minimum atomic E-state index is -0.829. The van der Waals surface area contributed by atoms with E-state index in [2.05, 4.69) is 5.32 Å². The van der Waals surface area contributed by atoms with Crippen LogP contribution in [0.3, 0.4) is 0 Å². The Bertz CT molecular complexity index is 660. The molecule has 0 aliphatic rings. The highest BCUT2D eigenvalue weighted by molar-refractivity contribution is 6.30. The smallest absolute Gasteiger partial charge is 0.321 e. The van der Waals surface area contributed by atoms with Crippen molar-refractivity contribution >= 4 is 23.3 Å². The number of anilines is 1. The maximum atomic E-state index is 13.5. The molecule has 1 N–H and O–H groups in total. The number of nitrogens with one attached hydrogen (secondary N) is 1. The second-order valence-electron chi connectivity index (χ2n) is 4.75. The molecule has 0 fully saturated rings. The van der Waals surface area contributed by atoms with Gasteiger partial charge in [0, 0.05) is 12.1 Å². The zero-order chi connectivity index (χ0) is 16.8. The van der Waals surface area contributed by atoms with Gasteiger partial charge in [-0.05, 0) is 36.4 Å². The number of amides is 2. The molecule has 0 aromatic heterocycles. The molecule has 0 bridgehead atoms. The molecule has 4 nitrogen and oxygen atoms in total. The van der Waals surface area contributed by atoms with Crippen molar-refractivity contribution in [2.75, 3.05) is 25.5 Å². The van der Waals surface area contributed by atoms with Crippen molar-refractivity contribution in [3.05, 3.63) is 59.1 Å². The number of hydrogen-bond acceptors (Lipinski definition) is 2. The number of nitrogens with zero attached hydrogens (tertiary/aromatic N) is 1. The van der Waals surface area contributed by atoms with Gasteiger partial charge in [-0.3, -0.25) is 0 Å². The van der Waals surface area contributed by atoms with Crippen molar-refractivity contribution < 1.29 is 18.3 Å². The minimum Gasteiger partial charge on any atom is -0.492 e. The largest absolute Gasteiger partial charge is 0.492 e. The van der Waals surface area contributed by atoms with Gasteiger partial charge in [0.2, 0.25) is 0 Å². The summed E-state index contributed by atoms with van der Waals surface area (Å²) in [5.41, 5.74) is -0.469. The third-order valence-corrected chi connectivity index (χ3v) is 3.30. The van der Waals surface area contributed by atoms with Gasteiger partial charge in [0.05, 0.1) is 6.54 Å². The molecule has 2 rings (SSSR count).